The van der Waals surface area contributed by atoms with Crippen LogP contribution in [0.5, 0.6) is 5.75 Å². The molecule has 32 heavy (non-hydrogen) atoms. The largest absolute Gasteiger partial charge is 0.484 e. The number of nitrogens with two attached hydrogens (primary N) is 1. The molecule has 0 saturated heterocycles. The lowest BCUT2D eigenvalue weighted by Gasteiger charge is -2.10. The van der Waals surface area contributed by atoms with Crippen molar-refractivity contribution in [3.63, 3.8) is 0 Å². The quantitative estimate of drug-likeness (QED) is 0.401. The van der Waals surface area contributed by atoms with Crippen LogP contribution in [0.2, 0.25) is 0 Å². The van der Waals surface area contributed by atoms with Gasteiger partial charge in [0.2, 0.25) is 0 Å². The van der Waals surface area contributed by atoms with Crippen molar-refractivity contribution in [2.45, 2.75) is 13.5 Å². The monoisotopic (exact) mass is 440 g/mol. The number of amides is 2. The summed E-state index contributed by atoms with van der Waals surface area (Å²) in [4.78, 5) is 46.8. The van der Waals surface area contributed by atoms with Crippen molar-refractivity contribution in [3.05, 3.63) is 70.1 Å². The molecule has 0 atom stereocenters. The Morgan fingerprint density at radius 3 is 2.62 bits per heavy atom. The van der Waals surface area contributed by atoms with Gasteiger partial charge in [-0.15, -0.1) is 0 Å². The Bertz CT molecular complexity index is 1220. The Morgan fingerprint density at radius 2 is 1.88 bits per heavy atom. The van der Waals surface area contributed by atoms with E-state index in [9.17, 15) is 19.2 Å². The number of hydrogen-bond donors (Lipinski definition) is 2. The van der Waals surface area contributed by atoms with E-state index in [1.165, 1.54) is 24.3 Å². The average molecular weight is 440 g/mol. The Balaban J connectivity index is 1.75. The van der Waals surface area contributed by atoms with E-state index in [4.69, 9.17) is 24.4 Å². The van der Waals surface area contributed by atoms with Crippen LogP contribution in [0.25, 0.3) is 11.0 Å². The third kappa shape index (κ3) is 5.85. The molecule has 10 heteroatoms. The Morgan fingerprint density at radius 1 is 1.06 bits per heavy atom. The van der Waals surface area contributed by atoms with Gasteiger partial charge in [0, 0.05) is 28.8 Å². The maximum atomic E-state index is 12.4. The molecule has 0 unspecified atom stereocenters. The normalized spacial score (nSPS) is 10.4. The van der Waals surface area contributed by atoms with Crippen LogP contribution in [0.3, 0.4) is 0 Å². The molecule has 0 saturated carbocycles. The second-order valence-corrected chi connectivity index (χ2v) is 6.51. The minimum atomic E-state index is -0.656. The summed E-state index contributed by atoms with van der Waals surface area (Å²) in [5.74, 6) is -1.02. The van der Waals surface area contributed by atoms with Crippen LogP contribution in [0.4, 0.5) is 10.5 Å². The topological polar surface area (TPSA) is 147 Å². The number of anilines is 1. The lowest BCUT2D eigenvalue weighted by atomic mass is 10.1. The van der Waals surface area contributed by atoms with Crippen molar-refractivity contribution >= 4 is 34.6 Å². The van der Waals surface area contributed by atoms with Crippen LogP contribution in [0, 0.1) is 0 Å². The first-order chi connectivity index (χ1) is 15.4. The minimum absolute atomic E-state index is 0.195. The first-order valence-corrected chi connectivity index (χ1v) is 9.54. The summed E-state index contributed by atoms with van der Waals surface area (Å²) in [6.45, 7) is 1.37. The fraction of sp³-hybridized carbons (Fsp3) is 0.182. The van der Waals surface area contributed by atoms with Gasteiger partial charge in [0.1, 0.15) is 17.9 Å². The van der Waals surface area contributed by atoms with E-state index in [1.54, 1.807) is 31.2 Å². The predicted octanol–water partition coefficient (Wildman–Crippen LogP) is 2.58. The van der Waals surface area contributed by atoms with Gasteiger partial charge in [-0.2, -0.15) is 0 Å². The van der Waals surface area contributed by atoms with Gasteiger partial charge in [-0.3, -0.25) is 10.1 Å². The summed E-state index contributed by atoms with van der Waals surface area (Å²) in [6.07, 6.45) is -0.638. The van der Waals surface area contributed by atoms with E-state index in [-0.39, 0.29) is 36.7 Å². The Labute approximate surface area is 181 Å². The zero-order valence-electron chi connectivity index (χ0n) is 17.1. The highest BCUT2D eigenvalue weighted by Crippen LogP contribution is 2.23. The summed E-state index contributed by atoms with van der Waals surface area (Å²) in [5, 5.41) is 3.05. The van der Waals surface area contributed by atoms with E-state index >= 15 is 0 Å². The van der Waals surface area contributed by atoms with Gasteiger partial charge in [-0.25, -0.2) is 14.4 Å². The van der Waals surface area contributed by atoms with Gasteiger partial charge in [0.15, 0.2) is 6.61 Å². The average Bonchev–Trinajstić information content (AvgIpc) is 2.75. The van der Waals surface area contributed by atoms with Crippen molar-refractivity contribution in [2.75, 3.05) is 18.5 Å². The van der Waals surface area contributed by atoms with Crippen molar-refractivity contribution in [1.29, 1.82) is 0 Å². The van der Waals surface area contributed by atoms with E-state index in [0.717, 1.165) is 0 Å². The second kappa shape index (κ2) is 10.1. The summed E-state index contributed by atoms with van der Waals surface area (Å²) in [5.41, 5.74) is 5.60. The van der Waals surface area contributed by atoms with Crippen LogP contribution < -0.4 is 21.4 Å². The van der Waals surface area contributed by atoms with E-state index in [0.29, 0.717) is 16.6 Å². The molecular weight excluding hydrogens is 420 g/mol. The molecule has 0 aliphatic rings. The SMILES string of the molecule is CCOC(=O)Nc1ccc2c(COC(=O)c3cccc(OCC(N)=O)c3)cc(=O)oc2c1. The number of primary amides is 1. The summed E-state index contributed by atoms with van der Waals surface area (Å²) >= 11 is 0. The number of carbonyl (C=O) groups excluding carboxylic acids is 3. The zero-order chi connectivity index (χ0) is 23.1. The molecule has 1 aromatic heterocycles. The van der Waals surface area contributed by atoms with Crippen LogP contribution >= 0.6 is 0 Å². The third-order valence-corrected chi connectivity index (χ3v) is 4.16. The van der Waals surface area contributed by atoms with Gasteiger partial charge < -0.3 is 24.4 Å². The lowest BCUT2D eigenvalue weighted by Crippen LogP contribution is -2.20. The van der Waals surface area contributed by atoms with Gasteiger partial charge >= 0.3 is 17.7 Å². The third-order valence-electron chi connectivity index (χ3n) is 4.16. The molecule has 0 fully saturated rings. The highest BCUT2D eigenvalue weighted by Gasteiger charge is 2.13. The maximum absolute atomic E-state index is 12.4. The van der Waals surface area contributed by atoms with Gasteiger partial charge in [-0.05, 0) is 37.3 Å². The van der Waals surface area contributed by atoms with Crippen molar-refractivity contribution in [2.24, 2.45) is 5.73 Å². The van der Waals surface area contributed by atoms with E-state index < -0.39 is 23.6 Å². The van der Waals surface area contributed by atoms with Crippen LogP contribution in [-0.2, 0) is 20.9 Å². The van der Waals surface area contributed by atoms with Crippen molar-refractivity contribution in [3.8, 4) is 5.75 Å². The standard InChI is InChI=1S/C22H20N2O8/c1-2-29-22(28)24-15-6-7-17-14(9-20(26)32-18(17)10-15)11-31-21(27)13-4-3-5-16(8-13)30-12-19(23)25/h3-10H,2,11-12H2,1H3,(H2,23,25)(H,24,28). The fourth-order valence-electron chi connectivity index (χ4n) is 2.81. The molecule has 3 N–H and O–H groups in total. The van der Waals surface area contributed by atoms with Crippen LogP contribution in [0.1, 0.15) is 22.8 Å². The zero-order valence-corrected chi connectivity index (χ0v) is 17.1. The van der Waals surface area contributed by atoms with Crippen molar-refractivity contribution in [1.82, 2.24) is 0 Å². The first-order valence-electron chi connectivity index (χ1n) is 9.54. The molecule has 3 aromatic rings. The molecule has 0 bridgehead atoms. The summed E-state index contributed by atoms with van der Waals surface area (Å²) < 4.78 is 20.5. The number of esters is 1. The van der Waals surface area contributed by atoms with Gasteiger partial charge in [0.05, 0.1) is 12.2 Å². The van der Waals surface area contributed by atoms with Crippen LogP contribution in [0.15, 0.2) is 57.7 Å². The number of carbonyl (C=O) groups is 3. The molecule has 2 aromatic carbocycles. The number of fused-ring (bicyclic) bond motifs is 1. The van der Waals surface area contributed by atoms with Crippen molar-refractivity contribution < 1.29 is 33.0 Å². The first kappa shape index (κ1) is 22.3. The number of nitrogens with one attached hydrogen (secondary N) is 1. The number of benzene rings is 2. The summed E-state index contributed by atoms with van der Waals surface area (Å²) in [6, 6.07) is 12.0. The molecule has 2 amide bonds. The highest BCUT2D eigenvalue weighted by molar-refractivity contribution is 5.91. The fourth-order valence-corrected chi connectivity index (χ4v) is 2.81. The number of rotatable bonds is 8. The van der Waals surface area contributed by atoms with Crippen LogP contribution in [-0.4, -0.2) is 31.2 Å². The maximum Gasteiger partial charge on any atom is 0.411 e. The van der Waals surface area contributed by atoms with E-state index in [1.807, 2.05) is 0 Å². The molecular formula is C22H20N2O8. The molecule has 0 aliphatic carbocycles. The molecule has 0 aliphatic heterocycles. The molecule has 1 heterocycles. The van der Waals surface area contributed by atoms with E-state index in [2.05, 4.69) is 5.32 Å². The Hall–Kier alpha value is -4.34. The second-order valence-electron chi connectivity index (χ2n) is 6.51. The van der Waals surface area contributed by atoms with Gasteiger partial charge in [-0.1, -0.05) is 6.07 Å². The number of hydrogen-bond acceptors (Lipinski definition) is 8. The summed E-state index contributed by atoms with van der Waals surface area (Å²) in [7, 11) is 0. The molecule has 3 rings (SSSR count). The highest BCUT2D eigenvalue weighted by atomic mass is 16.5. The molecule has 166 valence electrons. The predicted molar refractivity (Wildman–Crippen MR) is 113 cm³/mol. The Kier molecular flexibility index (Phi) is 7.06. The lowest BCUT2D eigenvalue weighted by molar-refractivity contribution is -0.119. The molecule has 10 nitrogen and oxygen atoms in total. The number of ether oxygens (including phenoxy) is 3. The minimum Gasteiger partial charge on any atom is -0.484 e. The van der Waals surface area contributed by atoms with Gasteiger partial charge in [0.25, 0.3) is 5.91 Å². The molecule has 0 spiro atoms. The molecule has 0 radical (unpaired) electrons. The smallest absolute Gasteiger partial charge is 0.411 e.